The van der Waals surface area contributed by atoms with Crippen molar-refractivity contribution in [3.05, 3.63) is 119 Å². The molecule has 0 saturated heterocycles. The van der Waals surface area contributed by atoms with Gasteiger partial charge in [-0.15, -0.1) is 0 Å². The number of nitrogens with one attached hydrogen (secondary N) is 3. The number of amides is 2. The predicted octanol–water partition coefficient (Wildman–Crippen LogP) is 5.61. The van der Waals surface area contributed by atoms with Gasteiger partial charge in [0.15, 0.2) is 17.8 Å². The normalized spacial score (nSPS) is 11.5. The molecular formula is C34H36N4O5. The lowest BCUT2D eigenvalue weighted by Crippen LogP contribution is -2.47. The molecule has 4 rings (SSSR count). The smallest absolute Gasteiger partial charge is 0.255 e. The summed E-state index contributed by atoms with van der Waals surface area (Å²) in [7, 11) is 4.43. The zero-order valence-corrected chi connectivity index (χ0v) is 24.6. The second-order valence-electron chi connectivity index (χ2n) is 9.71. The largest absolute Gasteiger partial charge is 0.493 e. The van der Waals surface area contributed by atoms with Gasteiger partial charge in [-0.1, -0.05) is 60.7 Å². The number of hydrogen-bond acceptors (Lipinski definition) is 7. The van der Waals surface area contributed by atoms with Gasteiger partial charge in [-0.2, -0.15) is 0 Å². The average Bonchev–Trinajstić information content (AvgIpc) is 3.02. The SMILES string of the molecule is COc1cc(C(=O)NC(N)Nc2ccc(C)c(NC(=O)c3ccc(C/C=C/c4ccccc4)cc3)c2)cc(OC)c1OC. The van der Waals surface area contributed by atoms with Crippen molar-refractivity contribution in [1.82, 2.24) is 5.32 Å². The number of ether oxygens (including phenoxy) is 3. The van der Waals surface area contributed by atoms with Crippen molar-refractivity contribution < 1.29 is 23.8 Å². The molecular weight excluding hydrogens is 544 g/mol. The van der Waals surface area contributed by atoms with Crippen LogP contribution in [0, 0.1) is 6.92 Å². The Morgan fingerprint density at radius 1 is 0.814 bits per heavy atom. The van der Waals surface area contributed by atoms with Gasteiger partial charge in [0.05, 0.1) is 21.3 Å². The van der Waals surface area contributed by atoms with Crippen molar-refractivity contribution >= 4 is 29.3 Å². The Labute approximate surface area is 251 Å². The minimum Gasteiger partial charge on any atom is -0.493 e. The van der Waals surface area contributed by atoms with Crippen LogP contribution < -0.4 is 35.9 Å². The summed E-state index contributed by atoms with van der Waals surface area (Å²) in [6.07, 6.45) is 4.01. The predicted molar refractivity (Wildman–Crippen MR) is 170 cm³/mol. The van der Waals surface area contributed by atoms with Crippen molar-refractivity contribution in [2.24, 2.45) is 5.73 Å². The van der Waals surface area contributed by atoms with Gasteiger partial charge in [-0.25, -0.2) is 0 Å². The third-order valence-electron chi connectivity index (χ3n) is 6.70. The molecule has 4 aromatic carbocycles. The summed E-state index contributed by atoms with van der Waals surface area (Å²) in [5, 5.41) is 8.71. The quantitative estimate of drug-likeness (QED) is 0.161. The average molecular weight is 581 g/mol. The zero-order chi connectivity index (χ0) is 30.8. The fourth-order valence-electron chi connectivity index (χ4n) is 4.38. The number of nitrogens with two attached hydrogens (primary N) is 1. The molecule has 0 aliphatic carbocycles. The Kier molecular flexibility index (Phi) is 10.4. The third kappa shape index (κ3) is 8.15. The number of allylic oxidation sites excluding steroid dienone is 1. The van der Waals surface area contributed by atoms with Crippen LogP contribution in [0.3, 0.4) is 0 Å². The molecule has 1 unspecified atom stereocenters. The number of rotatable bonds is 12. The monoisotopic (exact) mass is 580 g/mol. The first-order valence-electron chi connectivity index (χ1n) is 13.7. The van der Waals surface area contributed by atoms with Gasteiger partial charge in [0, 0.05) is 22.5 Å². The molecule has 9 nitrogen and oxygen atoms in total. The molecule has 0 aromatic heterocycles. The van der Waals surface area contributed by atoms with Crippen LogP contribution in [-0.4, -0.2) is 39.4 Å². The highest BCUT2D eigenvalue weighted by molar-refractivity contribution is 6.05. The molecule has 2 amide bonds. The molecule has 222 valence electrons. The van der Waals surface area contributed by atoms with E-state index in [1.165, 1.54) is 33.5 Å². The molecule has 0 heterocycles. The Morgan fingerprint density at radius 3 is 2.12 bits per heavy atom. The molecule has 43 heavy (non-hydrogen) atoms. The maximum Gasteiger partial charge on any atom is 0.255 e. The van der Waals surface area contributed by atoms with Crippen molar-refractivity contribution in [3.8, 4) is 17.2 Å². The van der Waals surface area contributed by atoms with Gasteiger partial charge in [0.1, 0.15) is 0 Å². The molecule has 0 aliphatic rings. The number of benzene rings is 4. The molecule has 0 spiro atoms. The fraction of sp³-hybridized carbons (Fsp3) is 0.176. The molecule has 5 N–H and O–H groups in total. The van der Waals surface area contributed by atoms with Crippen LogP contribution in [0.4, 0.5) is 11.4 Å². The highest BCUT2D eigenvalue weighted by atomic mass is 16.5. The first-order chi connectivity index (χ1) is 20.8. The lowest BCUT2D eigenvalue weighted by Gasteiger charge is -2.19. The molecule has 0 saturated carbocycles. The Morgan fingerprint density at radius 2 is 1.49 bits per heavy atom. The maximum absolute atomic E-state index is 13.0. The lowest BCUT2D eigenvalue weighted by atomic mass is 10.1. The van der Waals surface area contributed by atoms with Crippen LogP contribution in [-0.2, 0) is 6.42 Å². The second kappa shape index (κ2) is 14.6. The van der Waals surface area contributed by atoms with E-state index >= 15 is 0 Å². The van der Waals surface area contributed by atoms with Crippen molar-refractivity contribution in [2.45, 2.75) is 19.6 Å². The molecule has 4 aromatic rings. The van der Waals surface area contributed by atoms with E-state index in [0.717, 1.165) is 23.1 Å². The third-order valence-corrected chi connectivity index (χ3v) is 6.70. The number of anilines is 2. The summed E-state index contributed by atoms with van der Waals surface area (Å²) in [6.45, 7) is 1.90. The van der Waals surface area contributed by atoms with Crippen molar-refractivity contribution in [3.63, 3.8) is 0 Å². The number of methoxy groups -OCH3 is 3. The van der Waals surface area contributed by atoms with E-state index in [-0.39, 0.29) is 11.5 Å². The van der Waals surface area contributed by atoms with Crippen LogP contribution in [0.25, 0.3) is 6.08 Å². The number of carbonyl (C=O) groups excluding carboxylic acids is 2. The van der Waals surface area contributed by atoms with E-state index in [2.05, 4.69) is 40.2 Å². The van der Waals surface area contributed by atoms with Gasteiger partial charge in [-0.05, 0) is 66.4 Å². The Balaban J connectivity index is 1.36. The van der Waals surface area contributed by atoms with E-state index in [0.29, 0.717) is 34.2 Å². The summed E-state index contributed by atoms with van der Waals surface area (Å²) in [4.78, 5) is 25.9. The molecule has 0 fully saturated rings. The van der Waals surface area contributed by atoms with Gasteiger partial charge < -0.3 is 30.2 Å². The first kappa shape index (κ1) is 30.7. The van der Waals surface area contributed by atoms with E-state index in [9.17, 15) is 9.59 Å². The van der Waals surface area contributed by atoms with Crippen LogP contribution in [0.1, 0.15) is 37.4 Å². The molecule has 0 bridgehead atoms. The van der Waals surface area contributed by atoms with Crippen molar-refractivity contribution in [2.75, 3.05) is 32.0 Å². The molecule has 9 heteroatoms. The van der Waals surface area contributed by atoms with E-state index in [1.807, 2.05) is 61.5 Å². The van der Waals surface area contributed by atoms with Gasteiger partial charge in [0.25, 0.3) is 11.8 Å². The lowest BCUT2D eigenvalue weighted by molar-refractivity contribution is 0.0941. The van der Waals surface area contributed by atoms with Crippen LogP contribution in [0.2, 0.25) is 0 Å². The fourth-order valence-corrected chi connectivity index (χ4v) is 4.38. The highest BCUT2D eigenvalue weighted by Crippen LogP contribution is 2.38. The molecule has 0 aliphatic heterocycles. The Bertz CT molecular complexity index is 1560. The minimum absolute atomic E-state index is 0.230. The standard InChI is InChI=1S/C34H36N4O5/c1-22-13-18-27(36-34(35)38-33(40)26-19-29(41-2)31(43-4)30(20-26)42-3)21-28(22)37-32(39)25-16-14-24(15-17-25)12-8-11-23-9-6-5-7-10-23/h5-11,13-21,34,36H,12,35H2,1-4H3,(H,37,39)(H,38,40)/b11-8+. The number of carbonyl (C=O) groups is 2. The van der Waals surface area contributed by atoms with Crippen LogP contribution in [0.15, 0.2) is 91.0 Å². The minimum atomic E-state index is -0.929. The summed E-state index contributed by atoms with van der Waals surface area (Å²) < 4.78 is 16.0. The molecule has 0 radical (unpaired) electrons. The van der Waals surface area contributed by atoms with Crippen molar-refractivity contribution in [1.29, 1.82) is 0 Å². The van der Waals surface area contributed by atoms with Gasteiger partial charge in [-0.3, -0.25) is 15.3 Å². The first-order valence-corrected chi connectivity index (χ1v) is 13.7. The highest BCUT2D eigenvalue weighted by Gasteiger charge is 2.18. The summed E-state index contributed by atoms with van der Waals surface area (Å²) in [6, 6.07) is 26.1. The molecule has 1 atom stereocenters. The number of hydrogen-bond donors (Lipinski definition) is 4. The van der Waals surface area contributed by atoms with Crippen LogP contribution >= 0.6 is 0 Å². The topological polar surface area (TPSA) is 124 Å². The van der Waals surface area contributed by atoms with E-state index in [4.69, 9.17) is 19.9 Å². The Hall–Kier alpha value is -5.28. The zero-order valence-electron chi connectivity index (χ0n) is 24.6. The number of aryl methyl sites for hydroxylation is 1. The van der Waals surface area contributed by atoms with E-state index in [1.54, 1.807) is 6.07 Å². The maximum atomic E-state index is 13.0. The van der Waals surface area contributed by atoms with Gasteiger partial charge >= 0.3 is 0 Å². The second-order valence-corrected chi connectivity index (χ2v) is 9.71. The van der Waals surface area contributed by atoms with Gasteiger partial charge in [0.2, 0.25) is 5.75 Å². The summed E-state index contributed by atoms with van der Waals surface area (Å²) in [5.41, 5.74) is 11.4. The summed E-state index contributed by atoms with van der Waals surface area (Å²) in [5.74, 6) is 0.402. The van der Waals surface area contributed by atoms with E-state index < -0.39 is 12.2 Å². The van der Waals surface area contributed by atoms with Crippen LogP contribution in [0.5, 0.6) is 17.2 Å². The summed E-state index contributed by atoms with van der Waals surface area (Å²) >= 11 is 0.